The highest BCUT2D eigenvalue weighted by atomic mass is 16.6. The van der Waals surface area contributed by atoms with Crippen molar-refractivity contribution < 1.29 is 19.1 Å². The van der Waals surface area contributed by atoms with Gasteiger partial charge in [0.25, 0.3) is 0 Å². The van der Waals surface area contributed by atoms with E-state index in [1.165, 1.54) is 14.0 Å². The summed E-state index contributed by atoms with van der Waals surface area (Å²) in [5.41, 5.74) is 1.72. The number of anilines is 1. The third-order valence-electron chi connectivity index (χ3n) is 2.79. The topological polar surface area (TPSA) is 64.6 Å². The number of hydrogen-bond acceptors (Lipinski definition) is 4. The molecular formula is C13H15NO4. The molecule has 1 aromatic carbocycles. The Morgan fingerprint density at radius 3 is 2.89 bits per heavy atom. The Bertz CT molecular complexity index is 484. The van der Waals surface area contributed by atoms with Crippen molar-refractivity contribution in [2.24, 2.45) is 0 Å². The number of methoxy groups -OCH3 is 1. The molecule has 0 unspecified atom stereocenters. The fourth-order valence-corrected chi connectivity index (χ4v) is 1.97. The molecule has 0 saturated heterocycles. The second-order valence-electron chi connectivity index (χ2n) is 4.17. The van der Waals surface area contributed by atoms with Crippen LogP contribution in [0.1, 0.15) is 18.9 Å². The molecule has 1 N–H and O–H groups in total. The van der Waals surface area contributed by atoms with Crippen LogP contribution >= 0.6 is 0 Å². The van der Waals surface area contributed by atoms with Gasteiger partial charge in [-0.15, -0.1) is 0 Å². The summed E-state index contributed by atoms with van der Waals surface area (Å²) in [5, 5.41) is 2.71. The Labute approximate surface area is 105 Å². The van der Waals surface area contributed by atoms with Crippen LogP contribution in [-0.4, -0.2) is 25.1 Å². The zero-order chi connectivity index (χ0) is 13.1. The maximum Gasteiger partial charge on any atom is 0.347 e. The van der Waals surface area contributed by atoms with Crippen LogP contribution in [0.15, 0.2) is 18.2 Å². The van der Waals surface area contributed by atoms with Crippen molar-refractivity contribution in [2.75, 3.05) is 12.4 Å². The monoisotopic (exact) mass is 249 g/mol. The fourth-order valence-electron chi connectivity index (χ4n) is 1.97. The molecule has 2 rings (SSSR count). The van der Waals surface area contributed by atoms with Crippen LogP contribution in [0.2, 0.25) is 0 Å². The van der Waals surface area contributed by atoms with Crippen molar-refractivity contribution in [1.82, 2.24) is 0 Å². The van der Waals surface area contributed by atoms with E-state index in [9.17, 15) is 9.59 Å². The normalized spacial score (nSPS) is 17.3. The molecule has 5 heteroatoms. The first-order chi connectivity index (χ1) is 8.60. The van der Waals surface area contributed by atoms with Crippen molar-refractivity contribution in [3.63, 3.8) is 0 Å². The molecule has 1 aliphatic rings. The number of carbonyl (C=O) groups excluding carboxylic acids is 2. The van der Waals surface area contributed by atoms with Crippen LogP contribution in [0.4, 0.5) is 5.69 Å². The van der Waals surface area contributed by atoms with Gasteiger partial charge in [-0.05, 0) is 36.6 Å². The minimum atomic E-state index is -0.533. The van der Waals surface area contributed by atoms with Crippen LogP contribution in [-0.2, 0) is 20.7 Å². The van der Waals surface area contributed by atoms with Gasteiger partial charge in [0.15, 0.2) is 6.10 Å². The van der Waals surface area contributed by atoms with Gasteiger partial charge in [-0.1, -0.05) is 0 Å². The number of aryl methyl sites for hydroxylation is 1. The molecular weight excluding hydrogens is 234 g/mol. The summed E-state index contributed by atoms with van der Waals surface area (Å²) in [6.07, 6.45) is 0.778. The molecule has 96 valence electrons. The van der Waals surface area contributed by atoms with Gasteiger partial charge >= 0.3 is 5.97 Å². The fraction of sp³-hybridized carbons (Fsp3) is 0.385. The average molecular weight is 249 g/mol. The molecule has 1 aliphatic heterocycles. The largest absolute Gasteiger partial charge is 0.478 e. The van der Waals surface area contributed by atoms with E-state index in [0.29, 0.717) is 12.2 Å². The second kappa shape index (κ2) is 5.08. The maximum absolute atomic E-state index is 11.4. The van der Waals surface area contributed by atoms with Gasteiger partial charge in [0, 0.05) is 12.6 Å². The summed E-state index contributed by atoms with van der Waals surface area (Å²) in [6.45, 7) is 1.46. The van der Waals surface area contributed by atoms with E-state index in [4.69, 9.17) is 4.74 Å². The number of carbonyl (C=O) groups is 2. The van der Waals surface area contributed by atoms with E-state index in [1.807, 2.05) is 6.07 Å². The molecule has 1 atom stereocenters. The SMILES string of the molecule is COC(=O)[C@@H]1CCc2cc(NC(C)=O)ccc2O1. The first kappa shape index (κ1) is 12.4. The van der Waals surface area contributed by atoms with Gasteiger partial charge in [-0.25, -0.2) is 4.79 Å². The molecule has 5 nitrogen and oxygen atoms in total. The standard InChI is InChI=1S/C13H15NO4/c1-8(15)14-10-4-6-11-9(7-10)3-5-12(18-11)13(16)17-2/h4,6-7,12H,3,5H2,1-2H3,(H,14,15)/t12-/m0/s1. The summed E-state index contributed by atoms with van der Waals surface area (Å²) in [6, 6.07) is 5.37. The molecule has 1 aromatic rings. The van der Waals surface area contributed by atoms with E-state index in [0.717, 1.165) is 17.7 Å². The Morgan fingerprint density at radius 2 is 2.22 bits per heavy atom. The first-order valence-corrected chi connectivity index (χ1v) is 5.75. The summed E-state index contributed by atoms with van der Waals surface area (Å²) in [4.78, 5) is 22.3. The van der Waals surface area contributed by atoms with Gasteiger partial charge in [-0.2, -0.15) is 0 Å². The Kier molecular flexibility index (Phi) is 3.50. The molecule has 0 aliphatic carbocycles. The number of rotatable bonds is 2. The number of ether oxygens (including phenoxy) is 2. The van der Waals surface area contributed by atoms with Crippen molar-refractivity contribution in [3.05, 3.63) is 23.8 Å². The molecule has 1 heterocycles. The van der Waals surface area contributed by atoms with Crippen LogP contribution in [0.25, 0.3) is 0 Å². The first-order valence-electron chi connectivity index (χ1n) is 5.75. The van der Waals surface area contributed by atoms with Crippen molar-refractivity contribution in [2.45, 2.75) is 25.9 Å². The van der Waals surface area contributed by atoms with Gasteiger partial charge in [0.05, 0.1) is 7.11 Å². The van der Waals surface area contributed by atoms with Gasteiger partial charge in [-0.3, -0.25) is 4.79 Å². The number of hydrogen-bond donors (Lipinski definition) is 1. The van der Waals surface area contributed by atoms with Crippen LogP contribution in [0.3, 0.4) is 0 Å². The van der Waals surface area contributed by atoms with Crippen LogP contribution < -0.4 is 10.1 Å². The molecule has 18 heavy (non-hydrogen) atoms. The number of fused-ring (bicyclic) bond motifs is 1. The van der Waals surface area contributed by atoms with E-state index in [1.54, 1.807) is 12.1 Å². The number of amides is 1. The smallest absolute Gasteiger partial charge is 0.347 e. The predicted octanol–water partition coefficient (Wildman–Crippen LogP) is 1.51. The molecule has 1 amide bonds. The molecule has 0 aromatic heterocycles. The summed E-state index contributed by atoms with van der Waals surface area (Å²) in [7, 11) is 1.35. The summed E-state index contributed by atoms with van der Waals surface area (Å²) in [5.74, 6) is 0.205. The third kappa shape index (κ3) is 2.61. The average Bonchev–Trinajstić information content (AvgIpc) is 2.36. The highest BCUT2D eigenvalue weighted by Crippen LogP contribution is 2.30. The van der Waals surface area contributed by atoms with Crippen molar-refractivity contribution >= 4 is 17.6 Å². The number of nitrogens with one attached hydrogen (secondary N) is 1. The van der Waals surface area contributed by atoms with E-state index in [2.05, 4.69) is 10.1 Å². The predicted molar refractivity (Wildman–Crippen MR) is 65.5 cm³/mol. The zero-order valence-corrected chi connectivity index (χ0v) is 10.4. The Morgan fingerprint density at radius 1 is 1.44 bits per heavy atom. The lowest BCUT2D eigenvalue weighted by atomic mass is 10.0. The van der Waals surface area contributed by atoms with E-state index >= 15 is 0 Å². The third-order valence-corrected chi connectivity index (χ3v) is 2.79. The highest BCUT2D eigenvalue weighted by molar-refractivity contribution is 5.88. The molecule has 0 saturated carbocycles. The van der Waals surface area contributed by atoms with Gasteiger partial charge in [0.1, 0.15) is 5.75 Å². The molecule has 0 radical (unpaired) electrons. The highest BCUT2D eigenvalue weighted by Gasteiger charge is 2.26. The number of benzene rings is 1. The molecule has 0 spiro atoms. The lowest BCUT2D eigenvalue weighted by molar-refractivity contribution is -0.149. The number of esters is 1. The summed E-state index contributed by atoms with van der Waals surface area (Å²) >= 11 is 0. The van der Waals surface area contributed by atoms with Gasteiger partial charge in [0.2, 0.25) is 5.91 Å². The maximum atomic E-state index is 11.4. The summed E-state index contributed by atoms with van der Waals surface area (Å²) < 4.78 is 10.2. The second-order valence-corrected chi connectivity index (χ2v) is 4.17. The van der Waals surface area contributed by atoms with Crippen LogP contribution in [0.5, 0.6) is 5.75 Å². The van der Waals surface area contributed by atoms with E-state index in [-0.39, 0.29) is 11.9 Å². The molecule has 0 bridgehead atoms. The lowest BCUT2D eigenvalue weighted by Crippen LogP contribution is -2.32. The Hall–Kier alpha value is -2.04. The quantitative estimate of drug-likeness (QED) is 0.807. The lowest BCUT2D eigenvalue weighted by Gasteiger charge is -2.24. The van der Waals surface area contributed by atoms with Crippen molar-refractivity contribution in [1.29, 1.82) is 0 Å². The van der Waals surface area contributed by atoms with Gasteiger partial charge < -0.3 is 14.8 Å². The minimum absolute atomic E-state index is 0.112. The van der Waals surface area contributed by atoms with Crippen LogP contribution in [0, 0.1) is 0 Å². The van der Waals surface area contributed by atoms with E-state index < -0.39 is 6.10 Å². The minimum Gasteiger partial charge on any atom is -0.478 e. The molecule has 0 fully saturated rings. The Balaban J connectivity index is 2.15. The van der Waals surface area contributed by atoms with Crippen molar-refractivity contribution in [3.8, 4) is 5.75 Å². The zero-order valence-electron chi connectivity index (χ0n) is 10.4.